The van der Waals surface area contributed by atoms with Crippen molar-refractivity contribution in [3.05, 3.63) is 82.3 Å². The van der Waals surface area contributed by atoms with Crippen LogP contribution in [0, 0.1) is 0 Å². The topological polar surface area (TPSA) is 125 Å². The Balaban J connectivity index is 1.77. The highest BCUT2D eigenvalue weighted by Gasteiger charge is 2.27. The first kappa shape index (κ1) is 25.5. The average molecular weight is 522 g/mol. The van der Waals surface area contributed by atoms with E-state index in [9.17, 15) is 23.1 Å². The predicted octanol–water partition coefficient (Wildman–Crippen LogP) is 4.39. The van der Waals surface area contributed by atoms with Crippen LogP contribution < -0.4 is 15.4 Å². The summed E-state index contributed by atoms with van der Waals surface area (Å²) in [5, 5.41) is 14.6. The monoisotopic (exact) mass is 521 g/mol. The molecule has 0 spiro atoms. The fourth-order valence-electron chi connectivity index (χ4n) is 3.16. The Kier molecular flexibility index (Phi) is 8.16. The van der Waals surface area contributed by atoms with E-state index in [-0.39, 0.29) is 27.4 Å². The van der Waals surface area contributed by atoms with Gasteiger partial charge in [0.1, 0.15) is 10.9 Å². The molecule has 0 radical (unpaired) electrons. The Bertz CT molecular complexity index is 1310. The van der Waals surface area contributed by atoms with Gasteiger partial charge in [0.15, 0.2) is 0 Å². The Labute approximate surface area is 207 Å². The Morgan fingerprint density at radius 1 is 0.971 bits per heavy atom. The summed E-state index contributed by atoms with van der Waals surface area (Å²) >= 11 is 11.9. The number of sulfonamides is 1. The molecule has 4 N–H and O–H groups in total. The number of urea groups is 1. The summed E-state index contributed by atoms with van der Waals surface area (Å²) in [6.07, 6.45) is -0.0920. The van der Waals surface area contributed by atoms with Crippen LogP contribution in [0.1, 0.15) is 5.56 Å². The standard InChI is InChI=1S/C23H21Cl2N3O5S/c1-26-23(31)27-17-5-2-4-16(13-17)15-10-8-14(9-11-15)12-19(22(29)30)28-34(32,33)20-7-3-6-18(24)21(20)25/h2-11,13,19,28H,12H2,1H3,(H,29,30)(H2,26,27,31). The highest BCUT2D eigenvalue weighted by atomic mass is 35.5. The molecule has 3 rings (SSSR count). The van der Waals surface area contributed by atoms with Crippen molar-refractivity contribution in [2.24, 2.45) is 0 Å². The van der Waals surface area contributed by atoms with Crippen LogP contribution in [-0.2, 0) is 21.2 Å². The maximum atomic E-state index is 12.7. The number of benzene rings is 3. The number of carboxylic acids is 1. The fourth-order valence-corrected chi connectivity index (χ4v) is 5.11. The lowest BCUT2D eigenvalue weighted by molar-refractivity contribution is -0.138. The lowest BCUT2D eigenvalue weighted by atomic mass is 10.0. The van der Waals surface area contributed by atoms with Gasteiger partial charge in [0.05, 0.1) is 10.0 Å². The molecule has 0 saturated heterocycles. The summed E-state index contributed by atoms with van der Waals surface area (Å²) in [5.74, 6) is -1.33. The molecule has 0 fully saturated rings. The van der Waals surface area contributed by atoms with Crippen LogP contribution >= 0.6 is 23.2 Å². The van der Waals surface area contributed by atoms with Gasteiger partial charge in [-0.1, -0.05) is 65.7 Å². The van der Waals surface area contributed by atoms with Crippen molar-refractivity contribution >= 4 is 50.9 Å². The van der Waals surface area contributed by atoms with Crippen molar-refractivity contribution in [2.45, 2.75) is 17.4 Å². The minimum absolute atomic E-state index is 0.0431. The third-order valence-electron chi connectivity index (χ3n) is 4.88. The summed E-state index contributed by atoms with van der Waals surface area (Å²) in [6.45, 7) is 0. The zero-order valence-corrected chi connectivity index (χ0v) is 20.2. The molecule has 0 aromatic heterocycles. The highest BCUT2D eigenvalue weighted by Crippen LogP contribution is 2.29. The van der Waals surface area contributed by atoms with Crippen LogP contribution in [0.2, 0.25) is 10.0 Å². The van der Waals surface area contributed by atoms with E-state index in [0.29, 0.717) is 11.3 Å². The number of hydrogen-bond donors (Lipinski definition) is 4. The number of nitrogens with one attached hydrogen (secondary N) is 3. The van der Waals surface area contributed by atoms with Crippen LogP contribution in [0.5, 0.6) is 0 Å². The third-order valence-corrected chi connectivity index (χ3v) is 7.32. The molecule has 3 aromatic rings. The van der Waals surface area contributed by atoms with E-state index in [1.54, 1.807) is 42.5 Å². The number of anilines is 1. The van der Waals surface area contributed by atoms with E-state index in [0.717, 1.165) is 11.1 Å². The van der Waals surface area contributed by atoms with E-state index in [1.165, 1.54) is 25.2 Å². The SMILES string of the molecule is CNC(=O)Nc1cccc(-c2ccc(CC(NS(=O)(=O)c3cccc(Cl)c3Cl)C(=O)O)cc2)c1. The second kappa shape index (κ2) is 10.9. The maximum Gasteiger partial charge on any atom is 0.322 e. The molecule has 8 nitrogen and oxygen atoms in total. The molecule has 0 heterocycles. The van der Waals surface area contributed by atoms with Gasteiger partial charge in [-0.25, -0.2) is 13.2 Å². The van der Waals surface area contributed by atoms with Gasteiger partial charge >= 0.3 is 12.0 Å². The summed E-state index contributed by atoms with van der Waals surface area (Å²) < 4.78 is 27.6. The molecule has 1 atom stereocenters. The number of halogens is 2. The fraction of sp³-hybridized carbons (Fsp3) is 0.130. The zero-order valence-electron chi connectivity index (χ0n) is 17.9. The molecule has 0 aliphatic carbocycles. The quantitative estimate of drug-likeness (QED) is 0.350. The van der Waals surface area contributed by atoms with E-state index in [2.05, 4.69) is 15.4 Å². The molecule has 11 heteroatoms. The minimum atomic E-state index is -4.23. The highest BCUT2D eigenvalue weighted by molar-refractivity contribution is 7.89. The molecule has 178 valence electrons. The summed E-state index contributed by atoms with van der Waals surface area (Å²) in [7, 11) is -2.71. The van der Waals surface area contributed by atoms with Gasteiger partial charge < -0.3 is 15.7 Å². The molecule has 3 aromatic carbocycles. The average Bonchev–Trinajstić information content (AvgIpc) is 2.80. The molecule has 0 aliphatic heterocycles. The molecule has 34 heavy (non-hydrogen) atoms. The molecule has 0 saturated carbocycles. The molecule has 0 bridgehead atoms. The van der Waals surface area contributed by atoms with Crippen LogP contribution in [0.4, 0.5) is 10.5 Å². The third kappa shape index (κ3) is 6.27. The van der Waals surface area contributed by atoms with Gasteiger partial charge in [-0.05, 0) is 47.4 Å². The molecular weight excluding hydrogens is 501 g/mol. The van der Waals surface area contributed by atoms with Crippen molar-refractivity contribution in [3.8, 4) is 11.1 Å². The zero-order chi connectivity index (χ0) is 24.9. The van der Waals surface area contributed by atoms with E-state index >= 15 is 0 Å². The van der Waals surface area contributed by atoms with Crippen LogP contribution in [0.3, 0.4) is 0 Å². The van der Waals surface area contributed by atoms with Crippen LogP contribution in [-0.4, -0.2) is 38.6 Å². The second-order valence-corrected chi connectivity index (χ2v) is 9.72. The first-order valence-corrected chi connectivity index (χ1v) is 12.2. The van der Waals surface area contributed by atoms with Crippen molar-refractivity contribution in [1.82, 2.24) is 10.0 Å². The maximum absolute atomic E-state index is 12.7. The van der Waals surface area contributed by atoms with Crippen molar-refractivity contribution in [2.75, 3.05) is 12.4 Å². The summed E-state index contributed by atoms with van der Waals surface area (Å²) in [5.41, 5.74) is 2.89. The van der Waals surface area contributed by atoms with Crippen molar-refractivity contribution < 1.29 is 23.1 Å². The molecule has 1 unspecified atom stereocenters. The van der Waals surface area contributed by atoms with E-state index < -0.39 is 22.0 Å². The first-order chi connectivity index (χ1) is 16.1. The molecule has 2 amide bonds. The summed E-state index contributed by atoms with van der Waals surface area (Å²) in [6, 6.07) is 16.5. The molecular formula is C23H21Cl2N3O5S. The van der Waals surface area contributed by atoms with Gasteiger partial charge in [0.2, 0.25) is 10.0 Å². The smallest absolute Gasteiger partial charge is 0.322 e. The lowest BCUT2D eigenvalue weighted by Gasteiger charge is -2.16. The largest absolute Gasteiger partial charge is 0.480 e. The number of rotatable bonds is 8. The van der Waals surface area contributed by atoms with E-state index in [4.69, 9.17) is 23.2 Å². The first-order valence-electron chi connectivity index (χ1n) is 9.98. The number of aliphatic carboxylic acids is 1. The van der Waals surface area contributed by atoms with Gasteiger partial charge in [-0.3, -0.25) is 4.79 Å². The number of carbonyl (C=O) groups is 2. The van der Waals surface area contributed by atoms with Gasteiger partial charge in [0, 0.05) is 12.7 Å². The van der Waals surface area contributed by atoms with Gasteiger partial charge in [0.25, 0.3) is 0 Å². The number of amides is 2. The summed E-state index contributed by atoms with van der Waals surface area (Å²) in [4.78, 5) is 23.0. The number of carboxylic acid groups (broad SMARTS) is 1. The number of hydrogen-bond acceptors (Lipinski definition) is 4. The van der Waals surface area contributed by atoms with Gasteiger partial charge in [-0.2, -0.15) is 4.72 Å². The Hall–Kier alpha value is -3.11. The normalized spacial score (nSPS) is 12.1. The van der Waals surface area contributed by atoms with Crippen molar-refractivity contribution in [3.63, 3.8) is 0 Å². The predicted molar refractivity (Wildman–Crippen MR) is 132 cm³/mol. The van der Waals surface area contributed by atoms with Crippen LogP contribution in [0.15, 0.2) is 71.6 Å². The Morgan fingerprint density at radius 2 is 1.65 bits per heavy atom. The lowest BCUT2D eigenvalue weighted by Crippen LogP contribution is -2.42. The second-order valence-electron chi connectivity index (χ2n) is 7.25. The van der Waals surface area contributed by atoms with Crippen molar-refractivity contribution in [1.29, 1.82) is 0 Å². The Morgan fingerprint density at radius 3 is 2.29 bits per heavy atom. The van der Waals surface area contributed by atoms with Gasteiger partial charge in [-0.15, -0.1) is 0 Å². The molecule has 0 aliphatic rings. The minimum Gasteiger partial charge on any atom is -0.480 e. The van der Waals surface area contributed by atoms with Crippen LogP contribution in [0.25, 0.3) is 11.1 Å². The van der Waals surface area contributed by atoms with E-state index in [1.807, 2.05) is 6.07 Å². The number of carbonyl (C=O) groups excluding carboxylic acids is 1.